The quantitative estimate of drug-likeness (QED) is 0.287. The molecule has 0 aliphatic carbocycles. The first-order chi connectivity index (χ1) is 20.4. The summed E-state index contributed by atoms with van der Waals surface area (Å²) in [6.07, 6.45) is 0. The van der Waals surface area contributed by atoms with E-state index in [0.717, 1.165) is 15.4 Å². The van der Waals surface area contributed by atoms with Crippen LogP contribution in [0, 0.1) is 12.8 Å². The van der Waals surface area contributed by atoms with E-state index in [1.165, 1.54) is 37.3 Å². The van der Waals surface area contributed by atoms with Crippen LogP contribution in [0.3, 0.4) is 0 Å². The Morgan fingerprint density at radius 1 is 0.837 bits per heavy atom. The lowest BCUT2D eigenvalue weighted by molar-refractivity contribution is -0.139. The first kappa shape index (κ1) is 33.3. The summed E-state index contributed by atoms with van der Waals surface area (Å²) >= 11 is 0. The van der Waals surface area contributed by atoms with Crippen molar-refractivity contribution in [3.63, 3.8) is 0 Å². The summed E-state index contributed by atoms with van der Waals surface area (Å²) in [7, 11) is 0.259. The summed E-state index contributed by atoms with van der Waals surface area (Å²) in [5, 5.41) is 2.88. The van der Waals surface area contributed by atoms with Crippen molar-refractivity contribution in [1.29, 1.82) is 0 Å². The lowest BCUT2D eigenvalue weighted by Gasteiger charge is -2.32. The zero-order valence-corrected chi connectivity index (χ0v) is 26.6. The predicted molar refractivity (Wildman–Crippen MR) is 166 cm³/mol. The highest BCUT2D eigenvalue weighted by Crippen LogP contribution is 2.34. The van der Waals surface area contributed by atoms with E-state index in [-0.39, 0.29) is 29.0 Å². The van der Waals surface area contributed by atoms with E-state index in [0.29, 0.717) is 23.8 Å². The van der Waals surface area contributed by atoms with Crippen molar-refractivity contribution >= 4 is 27.5 Å². The molecule has 10 nitrogen and oxygen atoms in total. The molecule has 1 unspecified atom stereocenters. The molecular weight excluding hydrogens is 570 g/mol. The second kappa shape index (κ2) is 14.8. The average molecular weight is 612 g/mol. The molecule has 1 atom stereocenters. The Hall–Kier alpha value is -4.25. The van der Waals surface area contributed by atoms with Crippen LogP contribution in [0.1, 0.15) is 31.9 Å². The molecule has 3 rings (SSSR count). The van der Waals surface area contributed by atoms with Gasteiger partial charge in [-0.2, -0.15) is 0 Å². The summed E-state index contributed by atoms with van der Waals surface area (Å²) in [4.78, 5) is 28.7. The zero-order chi connectivity index (χ0) is 31.7. The molecule has 3 aromatic rings. The molecule has 2 amide bonds. The first-order valence-electron chi connectivity index (χ1n) is 13.9. The SMILES string of the molecule is COc1ccc(CN(C(=O)CN(c2ccc(OC)c(OC)c2)S(=O)(=O)c2ccc(C)cc2)C(C)C(=O)NCC(C)C)cc1. The molecule has 43 heavy (non-hydrogen) atoms. The number of amides is 2. The third kappa shape index (κ3) is 8.41. The molecule has 11 heteroatoms. The van der Waals surface area contributed by atoms with E-state index in [1.54, 1.807) is 62.6 Å². The number of sulfonamides is 1. The van der Waals surface area contributed by atoms with Gasteiger partial charge in [0.15, 0.2) is 11.5 Å². The minimum Gasteiger partial charge on any atom is -0.497 e. The molecule has 1 N–H and O–H groups in total. The number of benzene rings is 3. The maximum absolute atomic E-state index is 14.1. The maximum Gasteiger partial charge on any atom is 0.264 e. The van der Waals surface area contributed by atoms with Gasteiger partial charge in [0.1, 0.15) is 18.3 Å². The molecular formula is C32H41N3O7S. The van der Waals surface area contributed by atoms with Crippen molar-refractivity contribution in [3.8, 4) is 17.2 Å². The number of nitrogens with zero attached hydrogens (tertiary/aromatic N) is 2. The van der Waals surface area contributed by atoms with Crippen LogP contribution in [0.4, 0.5) is 5.69 Å². The molecule has 0 spiro atoms. The van der Waals surface area contributed by atoms with Crippen LogP contribution in [0.2, 0.25) is 0 Å². The topological polar surface area (TPSA) is 114 Å². The van der Waals surface area contributed by atoms with E-state index >= 15 is 0 Å². The van der Waals surface area contributed by atoms with E-state index in [9.17, 15) is 18.0 Å². The van der Waals surface area contributed by atoms with Crippen LogP contribution >= 0.6 is 0 Å². The van der Waals surface area contributed by atoms with Gasteiger partial charge in [-0.05, 0) is 61.7 Å². The monoisotopic (exact) mass is 611 g/mol. The molecule has 0 heterocycles. The minimum atomic E-state index is -4.22. The number of nitrogens with one attached hydrogen (secondary N) is 1. The second-order valence-corrected chi connectivity index (χ2v) is 12.4. The molecule has 0 bridgehead atoms. The number of rotatable bonds is 14. The number of carbonyl (C=O) groups excluding carboxylic acids is 2. The Morgan fingerprint density at radius 3 is 2.02 bits per heavy atom. The molecule has 0 saturated carbocycles. The Labute approximate surface area is 254 Å². The molecule has 0 aliphatic heterocycles. The smallest absolute Gasteiger partial charge is 0.264 e. The van der Waals surface area contributed by atoms with Gasteiger partial charge in [0.05, 0.1) is 31.9 Å². The number of aryl methyl sites for hydroxylation is 1. The fourth-order valence-corrected chi connectivity index (χ4v) is 5.71. The lowest BCUT2D eigenvalue weighted by Crippen LogP contribution is -2.51. The van der Waals surface area contributed by atoms with E-state index in [1.807, 2.05) is 20.8 Å². The molecule has 3 aromatic carbocycles. The van der Waals surface area contributed by atoms with Gasteiger partial charge >= 0.3 is 0 Å². The third-order valence-electron chi connectivity index (χ3n) is 6.91. The van der Waals surface area contributed by atoms with Gasteiger partial charge in [-0.25, -0.2) is 8.42 Å². The number of anilines is 1. The summed E-state index contributed by atoms with van der Waals surface area (Å²) in [5.74, 6) is 0.660. The van der Waals surface area contributed by atoms with Crippen molar-refractivity contribution in [2.24, 2.45) is 5.92 Å². The van der Waals surface area contributed by atoms with Gasteiger partial charge in [-0.3, -0.25) is 13.9 Å². The van der Waals surface area contributed by atoms with Crippen molar-refractivity contribution < 1.29 is 32.2 Å². The summed E-state index contributed by atoms with van der Waals surface area (Å²) in [6, 6.07) is 17.3. The number of hydrogen-bond donors (Lipinski definition) is 1. The summed E-state index contributed by atoms with van der Waals surface area (Å²) in [5.41, 5.74) is 1.84. The highest BCUT2D eigenvalue weighted by molar-refractivity contribution is 7.92. The summed E-state index contributed by atoms with van der Waals surface area (Å²) < 4.78 is 45.1. The fourth-order valence-electron chi connectivity index (χ4n) is 4.31. The van der Waals surface area contributed by atoms with Gasteiger partial charge in [-0.1, -0.05) is 43.7 Å². The van der Waals surface area contributed by atoms with Gasteiger partial charge in [0.2, 0.25) is 11.8 Å². The number of carbonyl (C=O) groups is 2. The molecule has 0 aromatic heterocycles. The lowest BCUT2D eigenvalue weighted by atomic mass is 10.1. The zero-order valence-electron chi connectivity index (χ0n) is 25.8. The standard InChI is InChI=1S/C32H41N3O7S/c1-22(2)19-33-32(37)24(4)34(20-25-10-13-27(40-5)14-11-25)31(36)21-35(26-12-17-29(41-6)30(18-26)42-7)43(38,39)28-15-8-23(3)9-16-28/h8-18,22,24H,19-21H2,1-7H3,(H,33,37). The Morgan fingerprint density at radius 2 is 1.47 bits per heavy atom. The predicted octanol–water partition coefficient (Wildman–Crippen LogP) is 4.41. The van der Waals surface area contributed by atoms with E-state index in [4.69, 9.17) is 14.2 Å². The average Bonchev–Trinajstić information content (AvgIpc) is 3.00. The van der Waals surface area contributed by atoms with Crippen LogP contribution in [0.15, 0.2) is 71.6 Å². The fraction of sp³-hybridized carbons (Fsp3) is 0.375. The number of methoxy groups -OCH3 is 3. The van der Waals surface area contributed by atoms with Gasteiger partial charge in [0, 0.05) is 19.2 Å². The molecule has 0 aliphatic rings. The van der Waals surface area contributed by atoms with Gasteiger partial charge < -0.3 is 24.4 Å². The Balaban J connectivity index is 2.07. The summed E-state index contributed by atoms with van der Waals surface area (Å²) in [6.45, 7) is 7.38. The first-order valence-corrected chi connectivity index (χ1v) is 15.4. The van der Waals surface area contributed by atoms with Crippen molar-refractivity contribution in [3.05, 3.63) is 77.9 Å². The number of hydrogen-bond acceptors (Lipinski definition) is 7. The van der Waals surface area contributed by atoms with Crippen LogP contribution in [0.5, 0.6) is 17.2 Å². The van der Waals surface area contributed by atoms with Crippen molar-refractivity contribution in [2.75, 3.05) is 38.7 Å². The van der Waals surface area contributed by atoms with E-state index < -0.39 is 28.5 Å². The van der Waals surface area contributed by atoms with Crippen LogP contribution in [0.25, 0.3) is 0 Å². The van der Waals surface area contributed by atoms with Crippen LogP contribution < -0.4 is 23.8 Å². The van der Waals surface area contributed by atoms with Crippen LogP contribution in [-0.4, -0.2) is 65.6 Å². The highest BCUT2D eigenvalue weighted by Gasteiger charge is 2.33. The third-order valence-corrected chi connectivity index (χ3v) is 8.69. The molecule has 0 saturated heterocycles. The molecule has 232 valence electrons. The van der Waals surface area contributed by atoms with Gasteiger partial charge in [-0.15, -0.1) is 0 Å². The number of ether oxygens (including phenoxy) is 3. The maximum atomic E-state index is 14.1. The van der Waals surface area contributed by atoms with Crippen molar-refractivity contribution in [2.45, 2.75) is 45.2 Å². The normalized spacial score (nSPS) is 11.9. The second-order valence-electron chi connectivity index (χ2n) is 10.5. The molecule has 0 fully saturated rings. The Bertz CT molecular complexity index is 1490. The molecule has 0 radical (unpaired) electrons. The van der Waals surface area contributed by atoms with Gasteiger partial charge in [0.25, 0.3) is 10.0 Å². The van der Waals surface area contributed by atoms with E-state index in [2.05, 4.69) is 5.32 Å². The highest BCUT2D eigenvalue weighted by atomic mass is 32.2. The largest absolute Gasteiger partial charge is 0.497 e. The van der Waals surface area contributed by atoms with Crippen LogP contribution in [-0.2, 0) is 26.2 Å². The Kier molecular flexibility index (Phi) is 11.4. The van der Waals surface area contributed by atoms with Crippen molar-refractivity contribution in [1.82, 2.24) is 10.2 Å². The minimum absolute atomic E-state index is 0.0186.